The fraction of sp³-hybridized carbons (Fsp3) is 0.882. The Morgan fingerprint density at radius 2 is 1.06 bits per heavy atom. The van der Waals surface area contributed by atoms with Gasteiger partial charge in [-0.1, -0.05) is 104 Å². The van der Waals surface area contributed by atoms with E-state index in [1.807, 2.05) is 0 Å². The summed E-state index contributed by atoms with van der Waals surface area (Å²) in [5.74, 6) is 0.836. The van der Waals surface area contributed by atoms with E-state index < -0.39 is 0 Å². The number of rotatable bonds is 13. The summed E-state index contributed by atoms with van der Waals surface area (Å²) in [5.41, 5.74) is 0. The molecule has 0 aliphatic rings. The van der Waals surface area contributed by atoms with Gasteiger partial charge in [0, 0.05) is 0 Å². The van der Waals surface area contributed by atoms with Crippen LogP contribution >= 0.6 is 0 Å². The fourth-order valence-corrected chi connectivity index (χ4v) is 2.23. The Labute approximate surface area is 111 Å². The molecule has 0 spiro atoms. The molecule has 0 heterocycles. The minimum Gasteiger partial charge on any atom is -0.0625 e. The van der Waals surface area contributed by atoms with E-state index in [1.165, 1.54) is 70.6 Å². The third-order valence-corrected chi connectivity index (χ3v) is 3.69. The monoisotopic (exact) mass is 238 g/mol. The summed E-state index contributed by atoms with van der Waals surface area (Å²) in [7, 11) is 0. The van der Waals surface area contributed by atoms with Gasteiger partial charge in [0.05, 0.1) is 0 Å². The zero-order valence-corrected chi connectivity index (χ0v) is 12.2. The maximum atomic E-state index is 3.95. The van der Waals surface area contributed by atoms with Gasteiger partial charge in [0.1, 0.15) is 0 Å². The molecule has 0 saturated heterocycles. The molecule has 17 heavy (non-hydrogen) atoms. The van der Waals surface area contributed by atoms with Crippen molar-refractivity contribution in [3.8, 4) is 0 Å². The lowest BCUT2D eigenvalue weighted by molar-refractivity contribution is 0.482. The second-order valence-electron chi connectivity index (χ2n) is 5.57. The molecule has 0 aliphatic heterocycles. The lowest BCUT2D eigenvalue weighted by Gasteiger charge is -2.07. The Balaban J connectivity index is 2.94. The van der Waals surface area contributed by atoms with Gasteiger partial charge in [-0.25, -0.2) is 0 Å². The van der Waals surface area contributed by atoms with E-state index in [4.69, 9.17) is 0 Å². The molecule has 0 heteroatoms. The van der Waals surface area contributed by atoms with Crippen molar-refractivity contribution in [3.63, 3.8) is 0 Å². The molecular formula is C17H34. The Bertz CT molecular complexity index is 128. The lowest BCUT2D eigenvalue weighted by Crippen LogP contribution is -1.91. The van der Waals surface area contributed by atoms with Crippen LogP contribution in [0, 0.1) is 19.8 Å². The summed E-state index contributed by atoms with van der Waals surface area (Å²) in [6, 6.07) is 0. The third kappa shape index (κ3) is 13.9. The van der Waals surface area contributed by atoms with Crippen molar-refractivity contribution in [1.82, 2.24) is 0 Å². The highest BCUT2D eigenvalue weighted by Crippen LogP contribution is 2.15. The first kappa shape index (κ1) is 17.0. The van der Waals surface area contributed by atoms with Crippen LogP contribution in [0.1, 0.15) is 90.4 Å². The molecule has 0 aromatic carbocycles. The fourth-order valence-electron chi connectivity index (χ4n) is 2.23. The summed E-state index contributed by atoms with van der Waals surface area (Å²) in [6.45, 7) is 10.1. The van der Waals surface area contributed by atoms with Gasteiger partial charge in [-0.15, -0.1) is 0 Å². The van der Waals surface area contributed by atoms with Gasteiger partial charge in [-0.2, -0.15) is 0 Å². The van der Waals surface area contributed by atoms with Crippen molar-refractivity contribution in [2.75, 3.05) is 0 Å². The van der Waals surface area contributed by atoms with Crippen LogP contribution in [-0.4, -0.2) is 0 Å². The molecule has 0 amide bonds. The van der Waals surface area contributed by atoms with E-state index in [1.54, 1.807) is 0 Å². The lowest BCUT2D eigenvalue weighted by atomic mass is 9.99. The highest BCUT2D eigenvalue weighted by Gasteiger charge is 1.98. The van der Waals surface area contributed by atoms with E-state index >= 15 is 0 Å². The summed E-state index contributed by atoms with van der Waals surface area (Å²) >= 11 is 0. The minimum atomic E-state index is 0.836. The van der Waals surface area contributed by atoms with E-state index in [-0.39, 0.29) is 0 Å². The quantitative estimate of drug-likeness (QED) is 0.327. The molecule has 0 fully saturated rings. The Morgan fingerprint density at radius 3 is 1.47 bits per heavy atom. The van der Waals surface area contributed by atoms with Crippen LogP contribution in [0.4, 0.5) is 0 Å². The zero-order chi connectivity index (χ0) is 12.8. The SMILES string of the molecule is [CH2]CCCCCCCCCCCCC(C)C[CH2]. The maximum Gasteiger partial charge on any atom is -0.0443 e. The van der Waals surface area contributed by atoms with Crippen molar-refractivity contribution in [1.29, 1.82) is 0 Å². The molecule has 0 bridgehead atoms. The van der Waals surface area contributed by atoms with Crippen LogP contribution in [0.3, 0.4) is 0 Å². The molecule has 2 radical (unpaired) electrons. The van der Waals surface area contributed by atoms with E-state index in [9.17, 15) is 0 Å². The summed E-state index contributed by atoms with van der Waals surface area (Å²) < 4.78 is 0. The van der Waals surface area contributed by atoms with Crippen molar-refractivity contribution in [3.05, 3.63) is 13.8 Å². The largest absolute Gasteiger partial charge is 0.0625 e. The first-order chi connectivity index (χ1) is 8.31. The molecule has 1 unspecified atom stereocenters. The van der Waals surface area contributed by atoms with Crippen LogP contribution in [0.25, 0.3) is 0 Å². The highest BCUT2D eigenvalue weighted by atomic mass is 14.0. The third-order valence-electron chi connectivity index (χ3n) is 3.69. The Morgan fingerprint density at radius 1 is 0.647 bits per heavy atom. The topological polar surface area (TPSA) is 0 Å². The molecule has 102 valence electrons. The van der Waals surface area contributed by atoms with Gasteiger partial charge in [0.15, 0.2) is 0 Å². The second kappa shape index (κ2) is 14.1. The predicted octanol–water partition coefficient (Wildman–Crippen LogP) is 6.36. The van der Waals surface area contributed by atoms with Crippen molar-refractivity contribution < 1.29 is 0 Å². The molecule has 0 aromatic heterocycles. The summed E-state index contributed by atoms with van der Waals surface area (Å²) in [4.78, 5) is 0. The molecule has 1 atom stereocenters. The van der Waals surface area contributed by atoms with Crippen LogP contribution in [-0.2, 0) is 0 Å². The van der Waals surface area contributed by atoms with Crippen LogP contribution in [0.5, 0.6) is 0 Å². The Hall–Kier alpha value is 0. The van der Waals surface area contributed by atoms with Gasteiger partial charge in [-0.05, 0) is 5.92 Å². The average Bonchev–Trinajstić information content (AvgIpc) is 2.35. The summed E-state index contributed by atoms with van der Waals surface area (Å²) in [6.07, 6.45) is 17.9. The van der Waals surface area contributed by atoms with Crippen LogP contribution in [0.2, 0.25) is 0 Å². The van der Waals surface area contributed by atoms with Crippen molar-refractivity contribution >= 4 is 0 Å². The molecule has 0 aliphatic carbocycles. The van der Waals surface area contributed by atoms with E-state index in [0.29, 0.717) is 0 Å². The normalized spacial score (nSPS) is 12.9. The first-order valence-corrected chi connectivity index (χ1v) is 7.89. The summed E-state index contributed by atoms with van der Waals surface area (Å²) in [5, 5.41) is 0. The van der Waals surface area contributed by atoms with Gasteiger partial charge >= 0.3 is 0 Å². The molecule has 0 rings (SSSR count). The molecule has 0 aromatic rings. The Kier molecular flexibility index (Phi) is 14.1. The van der Waals surface area contributed by atoms with Crippen molar-refractivity contribution in [2.24, 2.45) is 5.92 Å². The number of hydrogen-bond acceptors (Lipinski definition) is 0. The average molecular weight is 238 g/mol. The van der Waals surface area contributed by atoms with Crippen molar-refractivity contribution in [2.45, 2.75) is 90.4 Å². The first-order valence-electron chi connectivity index (χ1n) is 7.89. The minimum absolute atomic E-state index is 0.836. The maximum absolute atomic E-state index is 3.95. The van der Waals surface area contributed by atoms with Crippen LogP contribution < -0.4 is 0 Å². The van der Waals surface area contributed by atoms with Crippen LogP contribution in [0.15, 0.2) is 0 Å². The number of hydrogen-bond donors (Lipinski definition) is 0. The molecular weight excluding hydrogens is 204 g/mol. The van der Waals surface area contributed by atoms with Gasteiger partial charge < -0.3 is 0 Å². The second-order valence-corrected chi connectivity index (χ2v) is 5.57. The number of unbranched alkanes of at least 4 members (excludes halogenated alkanes) is 10. The van der Waals surface area contributed by atoms with E-state index in [2.05, 4.69) is 20.8 Å². The highest BCUT2D eigenvalue weighted by molar-refractivity contribution is 4.55. The van der Waals surface area contributed by atoms with E-state index in [0.717, 1.165) is 18.8 Å². The molecule has 0 N–H and O–H groups in total. The molecule has 0 nitrogen and oxygen atoms in total. The molecule has 0 saturated carbocycles. The smallest absolute Gasteiger partial charge is 0.0443 e. The van der Waals surface area contributed by atoms with Gasteiger partial charge in [0.25, 0.3) is 0 Å². The standard InChI is InChI=1S/C17H34/c1-4-6-7-8-9-10-11-12-13-14-15-16-17(3)5-2/h17H,1-2,4-16H2,3H3. The zero-order valence-electron chi connectivity index (χ0n) is 12.2. The van der Waals surface area contributed by atoms with Gasteiger partial charge in [0.2, 0.25) is 0 Å². The van der Waals surface area contributed by atoms with Gasteiger partial charge in [-0.3, -0.25) is 0 Å². The predicted molar refractivity (Wildman–Crippen MR) is 79.9 cm³/mol.